The van der Waals surface area contributed by atoms with Crippen molar-refractivity contribution in [3.05, 3.63) is 0 Å². The normalized spacial score (nSPS) is 17.8. The number of rotatable bonds is 7. The Balaban J connectivity index is 2.28. The predicted molar refractivity (Wildman–Crippen MR) is 80.2 cm³/mol. The van der Waals surface area contributed by atoms with Crippen molar-refractivity contribution in [1.82, 2.24) is 10.2 Å². The zero-order chi connectivity index (χ0) is 15.8. The highest BCUT2D eigenvalue weighted by Gasteiger charge is 2.25. The third kappa shape index (κ3) is 6.33. The van der Waals surface area contributed by atoms with Crippen molar-refractivity contribution < 1.29 is 19.4 Å². The lowest BCUT2D eigenvalue weighted by Crippen LogP contribution is -2.50. The van der Waals surface area contributed by atoms with E-state index >= 15 is 0 Å². The first-order valence-electron chi connectivity index (χ1n) is 7.82. The van der Waals surface area contributed by atoms with Gasteiger partial charge >= 0.3 is 12.0 Å². The quantitative estimate of drug-likeness (QED) is 0.754. The predicted octanol–water partition coefficient (Wildman–Crippen LogP) is 2.09. The van der Waals surface area contributed by atoms with Crippen LogP contribution in [-0.2, 0) is 9.53 Å². The molecule has 1 aliphatic heterocycles. The molecule has 0 aliphatic carbocycles. The maximum absolute atomic E-state index is 12.2. The van der Waals surface area contributed by atoms with E-state index in [0.717, 1.165) is 19.3 Å². The van der Waals surface area contributed by atoms with Gasteiger partial charge in [-0.15, -0.1) is 0 Å². The Morgan fingerprint density at radius 2 is 1.95 bits per heavy atom. The number of hydrogen-bond acceptors (Lipinski definition) is 3. The highest BCUT2D eigenvalue weighted by Crippen LogP contribution is 2.15. The summed E-state index contributed by atoms with van der Waals surface area (Å²) in [5, 5.41) is 11.6. The number of aliphatic carboxylic acids is 1. The lowest BCUT2D eigenvalue weighted by atomic mass is 10.0. The third-order valence-electron chi connectivity index (χ3n) is 3.95. The summed E-state index contributed by atoms with van der Waals surface area (Å²) in [4.78, 5) is 24.4. The Morgan fingerprint density at radius 3 is 2.43 bits per heavy atom. The molecule has 1 saturated heterocycles. The maximum Gasteiger partial charge on any atom is 0.317 e. The lowest BCUT2D eigenvalue weighted by Gasteiger charge is -2.33. The number of urea groups is 1. The fourth-order valence-corrected chi connectivity index (χ4v) is 2.53. The summed E-state index contributed by atoms with van der Waals surface area (Å²) in [5.41, 5.74) is 0. The summed E-state index contributed by atoms with van der Waals surface area (Å²) in [6, 6.07) is 0.210. The minimum atomic E-state index is -0.842. The molecule has 0 aromatic carbocycles. The Kier molecular flexibility index (Phi) is 7.50. The first kappa shape index (κ1) is 17.8. The molecule has 1 atom stereocenters. The van der Waals surface area contributed by atoms with Crippen LogP contribution in [0.3, 0.4) is 0 Å². The molecular formula is C15H28N2O4. The molecule has 21 heavy (non-hydrogen) atoms. The zero-order valence-electron chi connectivity index (χ0n) is 13.3. The molecule has 1 fully saturated rings. The van der Waals surface area contributed by atoms with Crippen LogP contribution in [0.15, 0.2) is 0 Å². The molecule has 0 bridgehead atoms. The van der Waals surface area contributed by atoms with E-state index in [1.807, 2.05) is 4.90 Å². The number of nitrogens with one attached hydrogen (secondary N) is 1. The van der Waals surface area contributed by atoms with Crippen LogP contribution in [0, 0.1) is 5.92 Å². The van der Waals surface area contributed by atoms with Crippen LogP contribution < -0.4 is 5.32 Å². The van der Waals surface area contributed by atoms with Crippen LogP contribution in [0.1, 0.15) is 46.5 Å². The number of likely N-dealkylation sites (tertiary alicyclic amines) is 1. The van der Waals surface area contributed by atoms with Crippen LogP contribution >= 0.6 is 0 Å². The van der Waals surface area contributed by atoms with Gasteiger partial charge in [0.1, 0.15) is 0 Å². The summed E-state index contributed by atoms with van der Waals surface area (Å²) >= 11 is 0. The van der Waals surface area contributed by atoms with Crippen LogP contribution in [0.4, 0.5) is 4.79 Å². The van der Waals surface area contributed by atoms with E-state index in [4.69, 9.17) is 9.84 Å². The van der Waals surface area contributed by atoms with Gasteiger partial charge in [0.2, 0.25) is 0 Å². The van der Waals surface area contributed by atoms with Crippen molar-refractivity contribution in [1.29, 1.82) is 0 Å². The minimum absolute atomic E-state index is 0.000430. The van der Waals surface area contributed by atoms with E-state index in [-0.39, 0.29) is 31.2 Å². The molecule has 6 heteroatoms. The highest BCUT2D eigenvalue weighted by molar-refractivity contribution is 5.74. The van der Waals surface area contributed by atoms with Gasteiger partial charge in [-0.1, -0.05) is 20.8 Å². The van der Waals surface area contributed by atoms with E-state index in [9.17, 15) is 9.59 Å². The van der Waals surface area contributed by atoms with Crippen molar-refractivity contribution in [2.75, 3.05) is 19.7 Å². The van der Waals surface area contributed by atoms with Gasteiger partial charge in [-0.3, -0.25) is 4.79 Å². The molecule has 2 N–H and O–H groups in total. The van der Waals surface area contributed by atoms with Gasteiger partial charge in [0.15, 0.2) is 0 Å². The van der Waals surface area contributed by atoms with Crippen LogP contribution in [0.5, 0.6) is 0 Å². The average molecular weight is 300 g/mol. The average Bonchev–Trinajstić information content (AvgIpc) is 2.44. The summed E-state index contributed by atoms with van der Waals surface area (Å²) in [5.74, 6) is -0.415. The molecule has 0 radical (unpaired) electrons. The van der Waals surface area contributed by atoms with Gasteiger partial charge in [0.25, 0.3) is 0 Å². The number of ether oxygens (including phenoxy) is 1. The molecule has 1 unspecified atom stereocenters. The largest absolute Gasteiger partial charge is 0.481 e. The smallest absolute Gasteiger partial charge is 0.317 e. The lowest BCUT2D eigenvalue weighted by molar-refractivity contribution is -0.138. The van der Waals surface area contributed by atoms with Crippen LogP contribution in [0.25, 0.3) is 0 Å². The Hall–Kier alpha value is -1.30. The number of hydrogen-bond donors (Lipinski definition) is 2. The molecular weight excluding hydrogens is 272 g/mol. The highest BCUT2D eigenvalue weighted by atomic mass is 16.5. The molecule has 2 amide bonds. The zero-order valence-corrected chi connectivity index (χ0v) is 13.3. The molecule has 6 nitrogen and oxygen atoms in total. The van der Waals surface area contributed by atoms with E-state index in [2.05, 4.69) is 26.1 Å². The van der Waals surface area contributed by atoms with Crippen molar-refractivity contribution in [3.63, 3.8) is 0 Å². The maximum atomic E-state index is 12.2. The van der Waals surface area contributed by atoms with Crippen molar-refractivity contribution in [3.8, 4) is 0 Å². The second kappa shape index (κ2) is 8.87. The molecule has 0 saturated carbocycles. The number of carbonyl (C=O) groups is 2. The van der Waals surface area contributed by atoms with E-state index < -0.39 is 5.97 Å². The molecule has 0 aromatic heterocycles. The SMILES string of the molecule is CCC(NC(=O)N1CCC(OCCC(=O)O)CC1)C(C)C. The number of nitrogens with zero attached hydrogens (tertiary/aromatic N) is 1. The molecule has 122 valence electrons. The molecule has 1 heterocycles. The topological polar surface area (TPSA) is 78.9 Å². The van der Waals surface area contributed by atoms with Crippen molar-refractivity contribution >= 4 is 12.0 Å². The van der Waals surface area contributed by atoms with Gasteiger partial charge in [-0.25, -0.2) is 4.79 Å². The van der Waals surface area contributed by atoms with E-state index in [0.29, 0.717) is 19.0 Å². The summed E-state index contributed by atoms with van der Waals surface area (Å²) in [6.07, 6.45) is 2.57. The van der Waals surface area contributed by atoms with Gasteiger partial charge in [-0.05, 0) is 25.2 Å². The van der Waals surface area contributed by atoms with Gasteiger partial charge in [-0.2, -0.15) is 0 Å². The monoisotopic (exact) mass is 300 g/mol. The van der Waals surface area contributed by atoms with Gasteiger partial charge < -0.3 is 20.1 Å². The van der Waals surface area contributed by atoms with Crippen molar-refractivity contribution in [2.45, 2.75) is 58.6 Å². The molecule has 1 aliphatic rings. The Labute approximate surface area is 126 Å². The number of carboxylic acids is 1. The summed E-state index contributed by atoms with van der Waals surface area (Å²) in [7, 11) is 0. The Bertz CT molecular complexity index is 339. The second-order valence-electron chi connectivity index (χ2n) is 5.91. The number of carbonyl (C=O) groups excluding carboxylic acids is 1. The van der Waals surface area contributed by atoms with Crippen LogP contribution in [-0.4, -0.2) is 53.8 Å². The van der Waals surface area contributed by atoms with Crippen molar-refractivity contribution in [2.24, 2.45) is 5.92 Å². The number of piperidine rings is 1. The fraction of sp³-hybridized carbons (Fsp3) is 0.867. The third-order valence-corrected chi connectivity index (χ3v) is 3.95. The van der Waals surface area contributed by atoms with E-state index in [1.54, 1.807) is 0 Å². The minimum Gasteiger partial charge on any atom is -0.481 e. The standard InChI is InChI=1S/C15H28N2O4/c1-4-13(11(2)3)16-15(20)17-8-5-12(6-9-17)21-10-7-14(18)19/h11-13H,4-10H2,1-3H3,(H,16,20)(H,18,19). The van der Waals surface area contributed by atoms with E-state index in [1.165, 1.54) is 0 Å². The van der Waals surface area contributed by atoms with Gasteiger partial charge in [0, 0.05) is 19.1 Å². The van der Waals surface area contributed by atoms with Crippen LogP contribution in [0.2, 0.25) is 0 Å². The number of carboxylic acid groups (broad SMARTS) is 1. The molecule has 0 spiro atoms. The number of amides is 2. The molecule has 1 rings (SSSR count). The van der Waals surface area contributed by atoms with Gasteiger partial charge in [0.05, 0.1) is 19.1 Å². The molecule has 0 aromatic rings. The fourth-order valence-electron chi connectivity index (χ4n) is 2.53. The Morgan fingerprint density at radius 1 is 1.33 bits per heavy atom. The summed E-state index contributed by atoms with van der Waals surface area (Å²) in [6.45, 7) is 7.87. The summed E-state index contributed by atoms with van der Waals surface area (Å²) < 4.78 is 5.52. The first-order chi connectivity index (χ1) is 9.93. The first-order valence-corrected chi connectivity index (χ1v) is 7.82. The second-order valence-corrected chi connectivity index (χ2v) is 5.91.